The molecule has 2 saturated heterocycles. The second-order valence-corrected chi connectivity index (χ2v) is 8.14. The Kier molecular flexibility index (Phi) is 4.89. The molecule has 4 heterocycles. The van der Waals surface area contributed by atoms with Crippen LogP contribution in [0.3, 0.4) is 0 Å². The zero-order valence-electron chi connectivity index (χ0n) is 16.7. The van der Waals surface area contributed by atoms with Crippen LogP contribution in [0.4, 0.5) is 5.82 Å². The van der Waals surface area contributed by atoms with Gasteiger partial charge in [-0.25, -0.2) is 0 Å². The van der Waals surface area contributed by atoms with Crippen LogP contribution >= 0.6 is 0 Å². The van der Waals surface area contributed by atoms with Gasteiger partial charge in [0.2, 0.25) is 0 Å². The molecular formula is C23H26N4O2. The van der Waals surface area contributed by atoms with E-state index in [1.54, 1.807) is 0 Å². The molecule has 0 radical (unpaired) electrons. The highest BCUT2D eigenvalue weighted by Crippen LogP contribution is 2.41. The highest BCUT2D eigenvalue weighted by molar-refractivity contribution is 5.94. The lowest BCUT2D eigenvalue weighted by atomic mass is 9.74. The SMILES string of the molecule is Cc1cc(C2(c3nnc(NCC4CCOCC4)c4ccccc34)COC2)ccn1. The molecule has 2 aliphatic rings. The molecule has 0 atom stereocenters. The molecule has 150 valence electrons. The average Bonchev–Trinajstić information content (AvgIpc) is 2.73. The van der Waals surface area contributed by atoms with Crippen LogP contribution in [0, 0.1) is 12.8 Å². The number of ether oxygens (including phenoxy) is 2. The molecule has 0 aliphatic carbocycles. The summed E-state index contributed by atoms with van der Waals surface area (Å²) in [6.07, 6.45) is 4.06. The Labute approximate surface area is 170 Å². The van der Waals surface area contributed by atoms with Gasteiger partial charge in [0.05, 0.1) is 24.3 Å². The summed E-state index contributed by atoms with van der Waals surface area (Å²) < 4.78 is 11.1. The van der Waals surface area contributed by atoms with Crippen LogP contribution in [-0.2, 0) is 14.9 Å². The van der Waals surface area contributed by atoms with E-state index in [1.165, 1.54) is 5.56 Å². The van der Waals surface area contributed by atoms with Gasteiger partial charge in [-0.3, -0.25) is 4.98 Å². The van der Waals surface area contributed by atoms with Crippen molar-refractivity contribution in [2.45, 2.75) is 25.2 Å². The fraction of sp³-hybridized carbons (Fsp3) is 0.435. The van der Waals surface area contributed by atoms with Crippen LogP contribution < -0.4 is 5.32 Å². The lowest BCUT2D eigenvalue weighted by molar-refractivity contribution is -0.0396. The molecule has 2 fully saturated rings. The molecule has 0 saturated carbocycles. The Balaban J connectivity index is 1.52. The minimum atomic E-state index is -0.264. The number of hydrogen-bond acceptors (Lipinski definition) is 6. The maximum atomic E-state index is 5.68. The van der Waals surface area contributed by atoms with E-state index in [0.717, 1.165) is 60.6 Å². The summed E-state index contributed by atoms with van der Waals surface area (Å²) in [5.41, 5.74) is 2.92. The molecule has 0 bridgehead atoms. The monoisotopic (exact) mass is 390 g/mol. The normalized spacial score (nSPS) is 19.1. The number of fused-ring (bicyclic) bond motifs is 1. The number of anilines is 1. The van der Waals surface area contributed by atoms with E-state index in [1.807, 2.05) is 13.1 Å². The molecule has 0 spiro atoms. The maximum Gasteiger partial charge on any atom is 0.156 e. The number of nitrogens with zero attached hydrogens (tertiary/aromatic N) is 3. The summed E-state index contributed by atoms with van der Waals surface area (Å²) in [5, 5.41) is 15.2. The zero-order valence-corrected chi connectivity index (χ0v) is 16.7. The fourth-order valence-corrected chi connectivity index (χ4v) is 4.37. The van der Waals surface area contributed by atoms with Crippen molar-refractivity contribution in [2.24, 2.45) is 5.92 Å². The van der Waals surface area contributed by atoms with Gasteiger partial charge in [-0.2, -0.15) is 5.10 Å². The lowest BCUT2D eigenvalue weighted by Gasteiger charge is -2.41. The van der Waals surface area contributed by atoms with Crippen molar-refractivity contribution in [3.63, 3.8) is 0 Å². The van der Waals surface area contributed by atoms with E-state index in [4.69, 9.17) is 14.6 Å². The predicted octanol–water partition coefficient (Wildman–Crippen LogP) is 3.49. The molecule has 3 aromatic rings. The third-order valence-corrected chi connectivity index (χ3v) is 6.19. The first-order valence-corrected chi connectivity index (χ1v) is 10.3. The number of pyridine rings is 1. The highest BCUT2D eigenvalue weighted by atomic mass is 16.5. The van der Waals surface area contributed by atoms with Crippen LogP contribution in [0.25, 0.3) is 10.8 Å². The largest absolute Gasteiger partial charge is 0.381 e. The Morgan fingerprint density at radius 1 is 1.03 bits per heavy atom. The van der Waals surface area contributed by atoms with Crippen molar-refractivity contribution < 1.29 is 9.47 Å². The minimum Gasteiger partial charge on any atom is -0.381 e. The molecule has 6 nitrogen and oxygen atoms in total. The van der Waals surface area contributed by atoms with Crippen LogP contribution in [0.15, 0.2) is 42.6 Å². The van der Waals surface area contributed by atoms with Crippen molar-refractivity contribution in [3.05, 3.63) is 59.5 Å². The third kappa shape index (κ3) is 3.36. The zero-order chi connectivity index (χ0) is 19.7. The van der Waals surface area contributed by atoms with Crippen molar-refractivity contribution in [2.75, 3.05) is 38.3 Å². The van der Waals surface area contributed by atoms with Gasteiger partial charge in [0.25, 0.3) is 0 Å². The predicted molar refractivity (Wildman–Crippen MR) is 112 cm³/mol. The molecule has 2 aromatic heterocycles. The number of nitrogens with one attached hydrogen (secondary N) is 1. The number of benzene rings is 1. The van der Waals surface area contributed by atoms with Gasteiger partial charge >= 0.3 is 0 Å². The van der Waals surface area contributed by atoms with Gasteiger partial charge in [-0.05, 0) is 43.4 Å². The molecule has 0 unspecified atom stereocenters. The standard InChI is InChI=1S/C23H26N4O2/c1-16-12-18(6-9-24-16)23(14-29-15-23)21-19-4-2-3-5-20(19)22(27-26-21)25-13-17-7-10-28-11-8-17/h2-6,9,12,17H,7-8,10-11,13-15H2,1H3,(H,25,27). The van der Waals surface area contributed by atoms with Crippen LogP contribution in [-0.4, -0.2) is 48.2 Å². The Hall–Kier alpha value is -2.57. The van der Waals surface area contributed by atoms with Crippen LogP contribution in [0.1, 0.15) is 29.8 Å². The number of hydrogen-bond donors (Lipinski definition) is 1. The molecular weight excluding hydrogens is 364 g/mol. The van der Waals surface area contributed by atoms with E-state index in [9.17, 15) is 0 Å². The fourth-order valence-electron chi connectivity index (χ4n) is 4.37. The first-order chi connectivity index (χ1) is 14.3. The first-order valence-electron chi connectivity index (χ1n) is 10.3. The summed E-state index contributed by atoms with van der Waals surface area (Å²) in [6.45, 7) is 5.86. The van der Waals surface area contributed by atoms with Gasteiger partial charge in [-0.15, -0.1) is 5.10 Å². The maximum absolute atomic E-state index is 5.68. The van der Waals surface area contributed by atoms with Crippen LogP contribution in [0.2, 0.25) is 0 Å². The van der Waals surface area contributed by atoms with Gasteiger partial charge in [-0.1, -0.05) is 24.3 Å². The third-order valence-electron chi connectivity index (χ3n) is 6.19. The molecule has 1 N–H and O–H groups in total. The van der Waals surface area contributed by atoms with E-state index in [-0.39, 0.29) is 5.41 Å². The Morgan fingerprint density at radius 3 is 2.55 bits per heavy atom. The van der Waals surface area contributed by atoms with Gasteiger partial charge in [0.15, 0.2) is 5.82 Å². The van der Waals surface area contributed by atoms with Gasteiger partial charge in [0.1, 0.15) is 0 Å². The first kappa shape index (κ1) is 18.5. The van der Waals surface area contributed by atoms with Crippen molar-refractivity contribution in [3.8, 4) is 0 Å². The summed E-state index contributed by atoms with van der Waals surface area (Å²) in [6, 6.07) is 12.6. The van der Waals surface area contributed by atoms with Crippen LogP contribution in [0.5, 0.6) is 0 Å². The minimum absolute atomic E-state index is 0.264. The summed E-state index contributed by atoms with van der Waals surface area (Å²) >= 11 is 0. The van der Waals surface area contributed by atoms with Gasteiger partial charge < -0.3 is 14.8 Å². The number of aromatic nitrogens is 3. The molecule has 2 aliphatic heterocycles. The van der Waals surface area contributed by atoms with Crippen molar-refractivity contribution >= 4 is 16.6 Å². The van der Waals surface area contributed by atoms with E-state index in [0.29, 0.717) is 19.1 Å². The van der Waals surface area contributed by atoms with Gasteiger partial charge in [0, 0.05) is 42.4 Å². The highest BCUT2D eigenvalue weighted by Gasteiger charge is 2.45. The Bertz CT molecular complexity index is 1010. The number of rotatable bonds is 5. The summed E-state index contributed by atoms with van der Waals surface area (Å²) in [5.74, 6) is 1.48. The van der Waals surface area contributed by atoms with Crippen molar-refractivity contribution in [1.82, 2.24) is 15.2 Å². The molecule has 29 heavy (non-hydrogen) atoms. The second-order valence-electron chi connectivity index (χ2n) is 8.14. The topological polar surface area (TPSA) is 69.2 Å². The van der Waals surface area contributed by atoms with Crippen molar-refractivity contribution in [1.29, 1.82) is 0 Å². The summed E-state index contributed by atoms with van der Waals surface area (Å²) in [4.78, 5) is 4.35. The molecule has 6 heteroatoms. The smallest absolute Gasteiger partial charge is 0.156 e. The number of aryl methyl sites for hydroxylation is 1. The molecule has 1 aromatic carbocycles. The lowest BCUT2D eigenvalue weighted by Crippen LogP contribution is -2.48. The van der Waals surface area contributed by atoms with E-state index < -0.39 is 0 Å². The average molecular weight is 390 g/mol. The summed E-state index contributed by atoms with van der Waals surface area (Å²) in [7, 11) is 0. The quantitative estimate of drug-likeness (QED) is 0.719. The molecule has 0 amide bonds. The van der Waals surface area contributed by atoms with E-state index >= 15 is 0 Å². The van der Waals surface area contributed by atoms with E-state index in [2.05, 4.69) is 51.8 Å². The Morgan fingerprint density at radius 2 is 1.83 bits per heavy atom. The second kappa shape index (κ2) is 7.69. The molecule has 5 rings (SSSR count).